The van der Waals surface area contributed by atoms with E-state index in [1.807, 2.05) is 54.6 Å². The molecule has 2 aromatic heterocycles. The maximum atomic E-state index is 13.2. The molecule has 1 amide bonds. The minimum Gasteiger partial charge on any atom is -0.497 e. The third-order valence-corrected chi connectivity index (χ3v) is 6.87. The minimum atomic E-state index is 0.0232. The van der Waals surface area contributed by atoms with Crippen molar-refractivity contribution in [3.63, 3.8) is 0 Å². The van der Waals surface area contributed by atoms with Crippen LogP contribution in [0.25, 0.3) is 10.2 Å². The van der Waals surface area contributed by atoms with Gasteiger partial charge in [-0.3, -0.25) is 14.7 Å². The van der Waals surface area contributed by atoms with Crippen molar-refractivity contribution < 1.29 is 9.53 Å². The third-order valence-electron chi connectivity index (χ3n) is 4.58. The zero-order valence-corrected chi connectivity index (χ0v) is 19.2. The predicted molar refractivity (Wildman–Crippen MR) is 128 cm³/mol. The largest absolute Gasteiger partial charge is 0.497 e. The van der Waals surface area contributed by atoms with Gasteiger partial charge < -0.3 is 4.74 Å². The molecule has 0 N–H and O–H groups in total. The highest BCUT2D eigenvalue weighted by molar-refractivity contribution is 7.99. The van der Waals surface area contributed by atoms with Crippen LogP contribution in [0.5, 0.6) is 5.75 Å². The molecular formula is C23H20ClN3O2S2. The number of methoxy groups -OCH3 is 1. The van der Waals surface area contributed by atoms with Crippen LogP contribution in [0.4, 0.5) is 5.13 Å². The molecule has 0 aliphatic carbocycles. The average Bonchev–Trinajstić information content (AvgIpc) is 3.21. The van der Waals surface area contributed by atoms with Crippen LogP contribution in [0.15, 0.2) is 71.9 Å². The van der Waals surface area contributed by atoms with E-state index in [1.165, 1.54) is 11.3 Å². The van der Waals surface area contributed by atoms with Gasteiger partial charge in [0, 0.05) is 34.5 Å². The number of fused-ring (bicyclic) bond motifs is 1. The Bertz CT molecular complexity index is 1170. The minimum absolute atomic E-state index is 0.0232. The summed E-state index contributed by atoms with van der Waals surface area (Å²) < 4.78 is 6.15. The SMILES string of the molecule is COc1ccc(SCCC(=O)N(Cc2cccnc2)c2nc3ccc(Cl)cc3s2)cc1. The van der Waals surface area contributed by atoms with E-state index < -0.39 is 0 Å². The monoisotopic (exact) mass is 469 g/mol. The van der Waals surface area contributed by atoms with Gasteiger partial charge in [0.1, 0.15) is 5.75 Å². The number of carbonyl (C=O) groups excluding carboxylic acids is 1. The molecule has 0 bridgehead atoms. The summed E-state index contributed by atoms with van der Waals surface area (Å²) in [6.45, 7) is 0.424. The van der Waals surface area contributed by atoms with Gasteiger partial charge in [-0.2, -0.15) is 0 Å². The summed E-state index contributed by atoms with van der Waals surface area (Å²) in [5, 5.41) is 1.32. The molecule has 0 spiro atoms. The number of anilines is 1. The highest BCUT2D eigenvalue weighted by Gasteiger charge is 2.20. The topological polar surface area (TPSA) is 55.3 Å². The van der Waals surface area contributed by atoms with Gasteiger partial charge in [-0.05, 0) is 54.1 Å². The van der Waals surface area contributed by atoms with Gasteiger partial charge >= 0.3 is 0 Å². The molecule has 8 heteroatoms. The fourth-order valence-electron chi connectivity index (χ4n) is 3.00. The van der Waals surface area contributed by atoms with E-state index in [2.05, 4.69) is 9.97 Å². The molecule has 0 radical (unpaired) electrons. The number of thiazole rings is 1. The Morgan fingerprint density at radius 1 is 1.19 bits per heavy atom. The molecule has 2 heterocycles. The summed E-state index contributed by atoms with van der Waals surface area (Å²) in [6, 6.07) is 17.2. The zero-order valence-electron chi connectivity index (χ0n) is 16.8. The molecule has 0 aliphatic rings. The van der Waals surface area contributed by atoms with Crippen LogP contribution in [-0.4, -0.2) is 28.7 Å². The van der Waals surface area contributed by atoms with Crippen LogP contribution in [0.2, 0.25) is 5.02 Å². The lowest BCUT2D eigenvalue weighted by molar-refractivity contribution is -0.118. The highest BCUT2D eigenvalue weighted by Crippen LogP contribution is 2.32. The number of benzene rings is 2. The molecule has 4 aromatic rings. The molecule has 0 unspecified atom stereocenters. The number of thioether (sulfide) groups is 1. The zero-order chi connectivity index (χ0) is 21.6. The van der Waals surface area contributed by atoms with Crippen LogP contribution >= 0.6 is 34.7 Å². The van der Waals surface area contributed by atoms with Gasteiger partial charge in [0.2, 0.25) is 5.91 Å². The normalized spacial score (nSPS) is 10.9. The van der Waals surface area contributed by atoms with Gasteiger partial charge in [0.15, 0.2) is 5.13 Å². The summed E-state index contributed by atoms with van der Waals surface area (Å²) in [7, 11) is 1.65. The number of hydrogen-bond donors (Lipinski definition) is 0. The second-order valence-corrected chi connectivity index (χ2v) is 9.34. The first-order valence-electron chi connectivity index (χ1n) is 9.64. The van der Waals surface area contributed by atoms with E-state index in [4.69, 9.17) is 16.3 Å². The van der Waals surface area contributed by atoms with Crippen molar-refractivity contribution in [3.8, 4) is 5.75 Å². The molecule has 31 heavy (non-hydrogen) atoms. The smallest absolute Gasteiger partial charge is 0.229 e. The quantitative estimate of drug-likeness (QED) is 0.293. The van der Waals surface area contributed by atoms with E-state index in [9.17, 15) is 4.79 Å². The summed E-state index contributed by atoms with van der Waals surface area (Å²) in [5.41, 5.74) is 1.79. The van der Waals surface area contributed by atoms with Gasteiger partial charge in [0.05, 0.1) is 23.9 Å². The first-order valence-corrected chi connectivity index (χ1v) is 11.8. The molecule has 0 aliphatic heterocycles. The van der Waals surface area contributed by atoms with Crippen LogP contribution < -0.4 is 9.64 Å². The molecule has 4 rings (SSSR count). The molecule has 0 saturated heterocycles. The van der Waals surface area contributed by atoms with Crippen molar-refractivity contribution in [3.05, 3.63) is 77.6 Å². The third kappa shape index (κ3) is 5.55. The predicted octanol–water partition coefficient (Wildman–Crippen LogP) is 6.07. The Kier molecular flexibility index (Phi) is 7.06. The Labute approximate surface area is 194 Å². The Balaban J connectivity index is 1.50. The number of ether oxygens (including phenoxy) is 1. The number of amides is 1. The molecule has 2 aromatic carbocycles. The number of halogens is 1. The Morgan fingerprint density at radius 2 is 2.03 bits per heavy atom. The molecule has 158 valence electrons. The second kappa shape index (κ2) is 10.1. The highest BCUT2D eigenvalue weighted by atomic mass is 35.5. The van der Waals surface area contributed by atoms with Crippen LogP contribution in [0.1, 0.15) is 12.0 Å². The van der Waals surface area contributed by atoms with Crippen molar-refractivity contribution in [1.82, 2.24) is 9.97 Å². The summed E-state index contributed by atoms with van der Waals surface area (Å²) in [5.74, 6) is 1.51. The number of hydrogen-bond acceptors (Lipinski definition) is 6. The van der Waals surface area contributed by atoms with Crippen molar-refractivity contribution >= 4 is 56.0 Å². The maximum absolute atomic E-state index is 13.2. The Hall–Kier alpha value is -2.61. The lowest BCUT2D eigenvalue weighted by Crippen LogP contribution is -2.30. The van der Waals surface area contributed by atoms with E-state index in [-0.39, 0.29) is 5.91 Å². The number of carbonyl (C=O) groups is 1. The van der Waals surface area contributed by atoms with Gasteiger partial charge in [0.25, 0.3) is 0 Å². The first-order chi connectivity index (χ1) is 15.1. The second-order valence-electron chi connectivity index (χ2n) is 6.72. The van der Waals surface area contributed by atoms with E-state index in [0.717, 1.165) is 26.4 Å². The van der Waals surface area contributed by atoms with Crippen molar-refractivity contribution in [1.29, 1.82) is 0 Å². The van der Waals surface area contributed by atoms with Crippen LogP contribution in [0.3, 0.4) is 0 Å². The van der Waals surface area contributed by atoms with Crippen LogP contribution in [0, 0.1) is 0 Å². The summed E-state index contributed by atoms with van der Waals surface area (Å²) >= 11 is 9.24. The number of pyridine rings is 1. The number of nitrogens with zero attached hydrogens (tertiary/aromatic N) is 3. The van der Waals surface area contributed by atoms with Gasteiger partial charge in [-0.1, -0.05) is 29.0 Å². The maximum Gasteiger partial charge on any atom is 0.229 e. The molecular weight excluding hydrogens is 450 g/mol. The first kappa shape index (κ1) is 21.6. The standard InChI is InChI=1S/C23H20ClN3O2S2/c1-29-18-5-7-19(8-6-18)30-12-10-22(28)27(15-16-3-2-11-25-14-16)23-26-20-9-4-17(24)13-21(20)31-23/h2-9,11,13-14H,10,12,15H2,1H3. The van der Waals surface area contributed by atoms with Crippen LogP contribution in [-0.2, 0) is 11.3 Å². The fraction of sp³-hybridized carbons (Fsp3) is 0.174. The molecule has 0 atom stereocenters. The molecule has 0 fully saturated rings. The number of aromatic nitrogens is 2. The molecule has 5 nitrogen and oxygen atoms in total. The number of rotatable bonds is 8. The van der Waals surface area contributed by atoms with Crippen molar-refractivity contribution in [2.75, 3.05) is 17.8 Å². The lowest BCUT2D eigenvalue weighted by atomic mass is 10.2. The van der Waals surface area contributed by atoms with Gasteiger partial charge in [-0.25, -0.2) is 4.98 Å². The van der Waals surface area contributed by atoms with Gasteiger partial charge in [-0.15, -0.1) is 11.8 Å². The molecule has 0 saturated carbocycles. The van der Waals surface area contributed by atoms with Crippen molar-refractivity contribution in [2.24, 2.45) is 0 Å². The Morgan fingerprint density at radius 3 is 2.77 bits per heavy atom. The average molecular weight is 470 g/mol. The fourth-order valence-corrected chi connectivity index (χ4v) is 5.10. The van der Waals surface area contributed by atoms with E-state index in [1.54, 1.807) is 36.2 Å². The van der Waals surface area contributed by atoms with Crippen molar-refractivity contribution in [2.45, 2.75) is 17.9 Å². The van der Waals surface area contributed by atoms with E-state index >= 15 is 0 Å². The summed E-state index contributed by atoms with van der Waals surface area (Å²) in [4.78, 5) is 24.9. The summed E-state index contributed by atoms with van der Waals surface area (Å²) in [6.07, 6.45) is 3.89. The lowest BCUT2D eigenvalue weighted by Gasteiger charge is -2.20. The van der Waals surface area contributed by atoms with E-state index in [0.29, 0.717) is 28.9 Å².